The van der Waals surface area contributed by atoms with E-state index >= 15 is 0 Å². The fourth-order valence-corrected chi connectivity index (χ4v) is 1.95. The van der Waals surface area contributed by atoms with Gasteiger partial charge in [-0.1, -0.05) is 46.0 Å². The molecule has 0 aromatic heterocycles. The number of hydrazine groups is 1. The molecule has 1 rings (SSSR count). The van der Waals surface area contributed by atoms with Crippen molar-refractivity contribution in [2.75, 3.05) is 6.54 Å². The monoisotopic (exact) mass is 227 g/mol. The molecule has 96 valence electrons. The van der Waals surface area contributed by atoms with Gasteiger partial charge in [0, 0.05) is 18.8 Å². The van der Waals surface area contributed by atoms with Crippen molar-refractivity contribution in [3.63, 3.8) is 0 Å². The summed E-state index contributed by atoms with van der Waals surface area (Å²) in [6.07, 6.45) is 13.8. The summed E-state index contributed by atoms with van der Waals surface area (Å²) in [5, 5.41) is 2.26. The van der Waals surface area contributed by atoms with Crippen LogP contribution in [-0.2, 0) is 0 Å². The van der Waals surface area contributed by atoms with Gasteiger partial charge in [-0.15, -0.1) is 0 Å². The maximum atomic E-state index is 3.53. The average Bonchev–Trinajstić information content (AvgIpc) is 2.67. The minimum atomic E-state index is 0. The normalized spacial score (nSPS) is 18.9. The molecule has 1 aliphatic rings. The Morgan fingerprint density at radius 2 is 1.75 bits per heavy atom. The van der Waals surface area contributed by atoms with Crippen molar-refractivity contribution >= 4 is 0 Å². The van der Waals surface area contributed by atoms with Gasteiger partial charge in [0.25, 0.3) is 0 Å². The second-order valence-corrected chi connectivity index (χ2v) is 4.47. The predicted molar refractivity (Wildman–Crippen MR) is 71.5 cm³/mol. The van der Waals surface area contributed by atoms with Gasteiger partial charge < -0.3 is 11.2 Å². The summed E-state index contributed by atoms with van der Waals surface area (Å²) in [6, 6.07) is 0.596. The second-order valence-electron chi connectivity index (χ2n) is 4.47. The molecule has 0 bridgehead atoms. The van der Waals surface area contributed by atoms with E-state index < -0.39 is 0 Å². The van der Waals surface area contributed by atoms with E-state index in [1.54, 1.807) is 0 Å². The van der Waals surface area contributed by atoms with Crippen LogP contribution in [0.4, 0.5) is 0 Å². The Bertz CT molecular complexity index is 162. The molecule has 16 heavy (non-hydrogen) atoms. The lowest BCUT2D eigenvalue weighted by atomic mass is 10.1. The lowest BCUT2D eigenvalue weighted by Gasteiger charge is -2.19. The van der Waals surface area contributed by atoms with E-state index in [-0.39, 0.29) is 6.15 Å². The van der Waals surface area contributed by atoms with Crippen molar-refractivity contribution in [3.05, 3.63) is 12.3 Å². The predicted octanol–water partition coefficient (Wildman–Crippen LogP) is 3.62. The standard InChI is InChI=1S/C13H26N2.H3N/c1-3-5-7-9-13-10-12-15(14-13)11-8-6-4-2;/h10,12-14H,3-9,11H2,1-2H3;1H3. The van der Waals surface area contributed by atoms with E-state index in [0.717, 1.165) is 6.54 Å². The maximum Gasteiger partial charge on any atom is 0.0459 e. The van der Waals surface area contributed by atoms with Gasteiger partial charge in [-0.2, -0.15) is 0 Å². The third-order valence-corrected chi connectivity index (χ3v) is 2.95. The van der Waals surface area contributed by atoms with Crippen LogP contribution in [0.15, 0.2) is 12.3 Å². The molecule has 0 saturated carbocycles. The Morgan fingerprint density at radius 3 is 2.44 bits per heavy atom. The molecule has 1 atom stereocenters. The number of hydrogen-bond donors (Lipinski definition) is 2. The molecule has 0 saturated heterocycles. The van der Waals surface area contributed by atoms with E-state index in [1.807, 2.05) is 0 Å². The van der Waals surface area contributed by atoms with E-state index in [2.05, 4.69) is 36.6 Å². The van der Waals surface area contributed by atoms with E-state index in [0.29, 0.717) is 6.04 Å². The summed E-state index contributed by atoms with van der Waals surface area (Å²) in [4.78, 5) is 0. The molecule has 0 amide bonds. The van der Waals surface area contributed by atoms with Crippen LogP contribution in [0.2, 0.25) is 0 Å². The van der Waals surface area contributed by atoms with Crippen LogP contribution in [0.25, 0.3) is 0 Å². The Hall–Kier alpha value is -0.540. The molecule has 0 aromatic carbocycles. The molecule has 3 nitrogen and oxygen atoms in total. The van der Waals surface area contributed by atoms with Crippen LogP contribution in [0.5, 0.6) is 0 Å². The fraction of sp³-hybridized carbons (Fsp3) is 0.846. The molecule has 0 aromatic rings. The highest BCUT2D eigenvalue weighted by molar-refractivity contribution is 4.98. The molecule has 0 spiro atoms. The number of rotatable bonds is 8. The Labute approximate surface area is 101 Å². The van der Waals surface area contributed by atoms with Gasteiger partial charge in [-0.25, -0.2) is 5.43 Å². The SMILES string of the molecule is CCCCCC1C=CN(CCCCC)N1.N. The number of nitrogens with one attached hydrogen (secondary N) is 1. The molecular formula is C13H29N3. The Morgan fingerprint density at radius 1 is 1.06 bits per heavy atom. The first-order valence-electron chi connectivity index (χ1n) is 6.58. The lowest BCUT2D eigenvalue weighted by Crippen LogP contribution is -2.35. The lowest BCUT2D eigenvalue weighted by molar-refractivity contribution is 0.262. The van der Waals surface area contributed by atoms with Crippen molar-refractivity contribution in [2.45, 2.75) is 64.8 Å². The van der Waals surface area contributed by atoms with Gasteiger partial charge in [-0.3, -0.25) is 0 Å². The zero-order chi connectivity index (χ0) is 10.9. The molecular weight excluding hydrogens is 198 g/mol. The van der Waals surface area contributed by atoms with Crippen LogP contribution in [0.1, 0.15) is 58.8 Å². The second kappa shape index (κ2) is 9.67. The van der Waals surface area contributed by atoms with Gasteiger partial charge in [0.2, 0.25) is 0 Å². The largest absolute Gasteiger partial charge is 0.344 e. The molecule has 3 heteroatoms. The smallest absolute Gasteiger partial charge is 0.0459 e. The highest BCUT2D eigenvalue weighted by atomic mass is 15.5. The van der Waals surface area contributed by atoms with Gasteiger partial charge >= 0.3 is 0 Å². The van der Waals surface area contributed by atoms with Crippen LogP contribution >= 0.6 is 0 Å². The van der Waals surface area contributed by atoms with E-state index in [9.17, 15) is 0 Å². The van der Waals surface area contributed by atoms with Gasteiger partial charge in [0.15, 0.2) is 0 Å². The summed E-state index contributed by atoms with van der Waals surface area (Å²) >= 11 is 0. The Balaban J connectivity index is 0.00000225. The van der Waals surface area contributed by atoms with Crippen LogP contribution < -0.4 is 11.6 Å². The van der Waals surface area contributed by atoms with Crippen LogP contribution in [0, 0.1) is 0 Å². The van der Waals surface area contributed by atoms with E-state index in [4.69, 9.17) is 0 Å². The maximum absolute atomic E-state index is 3.53. The molecule has 0 radical (unpaired) electrons. The van der Waals surface area contributed by atoms with Crippen molar-refractivity contribution in [1.29, 1.82) is 0 Å². The summed E-state index contributed by atoms with van der Waals surface area (Å²) in [7, 11) is 0. The van der Waals surface area contributed by atoms with Crippen molar-refractivity contribution in [1.82, 2.24) is 16.6 Å². The van der Waals surface area contributed by atoms with Gasteiger partial charge in [0.05, 0.1) is 0 Å². The quantitative estimate of drug-likeness (QED) is 0.623. The van der Waals surface area contributed by atoms with Crippen LogP contribution in [0.3, 0.4) is 0 Å². The van der Waals surface area contributed by atoms with Crippen LogP contribution in [-0.4, -0.2) is 17.6 Å². The molecule has 4 N–H and O–H groups in total. The molecule has 1 aliphatic heterocycles. The van der Waals surface area contributed by atoms with Crippen molar-refractivity contribution in [2.24, 2.45) is 0 Å². The van der Waals surface area contributed by atoms with Gasteiger partial charge in [-0.05, 0) is 18.9 Å². The van der Waals surface area contributed by atoms with Gasteiger partial charge in [0.1, 0.15) is 0 Å². The minimum absolute atomic E-state index is 0. The van der Waals surface area contributed by atoms with Crippen molar-refractivity contribution in [3.8, 4) is 0 Å². The molecule has 1 heterocycles. The third-order valence-electron chi connectivity index (χ3n) is 2.95. The minimum Gasteiger partial charge on any atom is -0.344 e. The third kappa shape index (κ3) is 6.13. The topological polar surface area (TPSA) is 50.3 Å². The highest BCUT2D eigenvalue weighted by Crippen LogP contribution is 2.10. The van der Waals surface area contributed by atoms with E-state index in [1.165, 1.54) is 44.9 Å². The van der Waals surface area contributed by atoms with Crippen molar-refractivity contribution < 1.29 is 0 Å². The summed E-state index contributed by atoms with van der Waals surface area (Å²) in [5.41, 5.74) is 3.53. The zero-order valence-electron chi connectivity index (χ0n) is 11.0. The molecule has 0 aliphatic carbocycles. The fourth-order valence-electron chi connectivity index (χ4n) is 1.95. The first kappa shape index (κ1) is 15.5. The summed E-state index contributed by atoms with van der Waals surface area (Å²) in [6.45, 7) is 5.67. The first-order valence-corrected chi connectivity index (χ1v) is 6.58. The highest BCUT2D eigenvalue weighted by Gasteiger charge is 2.13. The summed E-state index contributed by atoms with van der Waals surface area (Å²) < 4.78 is 0. The number of unbranched alkanes of at least 4 members (excludes halogenated alkanes) is 4. The first-order chi connectivity index (χ1) is 7.36. The Kier molecular flexibility index (Phi) is 9.34. The molecule has 1 unspecified atom stereocenters. The molecule has 0 fully saturated rings. The number of hydrogen-bond acceptors (Lipinski definition) is 3. The summed E-state index contributed by atoms with van der Waals surface area (Å²) in [5.74, 6) is 0. The zero-order valence-corrected chi connectivity index (χ0v) is 11.0. The number of nitrogens with zero attached hydrogens (tertiary/aromatic N) is 1. The average molecular weight is 227 g/mol.